The van der Waals surface area contributed by atoms with E-state index < -0.39 is 21.2 Å². The third-order valence-corrected chi connectivity index (χ3v) is 25.5. The first-order chi connectivity index (χ1) is 11.2. The average molecular weight is 496 g/mol. The van der Waals surface area contributed by atoms with E-state index in [0.29, 0.717) is 5.92 Å². The second kappa shape index (κ2) is 7.43. The predicted octanol–water partition coefficient (Wildman–Crippen LogP) is 3.81. The Hall–Kier alpha value is -1.42. The molecular formula is C22H24Pb. The van der Waals surface area contributed by atoms with Crippen molar-refractivity contribution in [2.24, 2.45) is 5.92 Å². The summed E-state index contributed by atoms with van der Waals surface area (Å²) >= 11 is -3.12. The van der Waals surface area contributed by atoms with Gasteiger partial charge < -0.3 is 0 Å². The summed E-state index contributed by atoms with van der Waals surface area (Å²) in [7, 11) is 0. The van der Waals surface area contributed by atoms with Gasteiger partial charge in [0.25, 0.3) is 0 Å². The van der Waals surface area contributed by atoms with Crippen LogP contribution in [0.2, 0.25) is 3.98 Å². The van der Waals surface area contributed by atoms with Gasteiger partial charge in [-0.2, -0.15) is 0 Å². The van der Waals surface area contributed by atoms with Crippen LogP contribution in [0.15, 0.2) is 91.0 Å². The molecule has 0 N–H and O–H groups in total. The zero-order valence-corrected chi connectivity index (χ0v) is 17.8. The van der Waals surface area contributed by atoms with Crippen LogP contribution in [0.25, 0.3) is 0 Å². The molecule has 0 unspecified atom stereocenters. The van der Waals surface area contributed by atoms with Crippen molar-refractivity contribution in [1.82, 2.24) is 0 Å². The Bertz CT molecular complexity index is 621. The Balaban J connectivity index is 2.30. The molecule has 0 aromatic heterocycles. The Morgan fingerprint density at radius 1 is 0.565 bits per heavy atom. The molecule has 23 heavy (non-hydrogen) atoms. The Morgan fingerprint density at radius 2 is 0.870 bits per heavy atom. The van der Waals surface area contributed by atoms with Crippen LogP contribution < -0.4 is 9.37 Å². The first kappa shape index (κ1) is 16.4. The first-order valence-electron chi connectivity index (χ1n) is 8.40. The third kappa shape index (κ3) is 3.42. The summed E-state index contributed by atoms with van der Waals surface area (Å²) < 4.78 is 6.08. The van der Waals surface area contributed by atoms with Gasteiger partial charge in [0.05, 0.1) is 0 Å². The molecule has 0 saturated carbocycles. The number of rotatable bonds is 5. The summed E-state index contributed by atoms with van der Waals surface area (Å²) in [5.74, 6) is 0.692. The van der Waals surface area contributed by atoms with E-state index in [2.05, 4.69) is 105 Å². The summed E-state index contributed by atoms with van der Waals surface area (Å²) in [6, 6.07) is 33.8. The van der Waals surface area contributed by atoms with E-state index in [-0.39, 0.29) is 0 Å². The Labute approximate surface area is 144 Å². The van der Waals surface area contributed by atoms with E-state index in [1.54, 1.807) is 9.37 Å². The Kier molecular flexibility index (Phi) is 5.31. The number of hydrogen-bond acceptors (Lipinski definition) is 0. The molecule has 116 valence electrons. The van der Waals surface area contributed by atoms with Crippen molar-refractivity contribution in [3.63, 3.8) is 0 Å². The van der Waals surface area contributed by atoms with Crippen molar-refractivity contribution in [2.45, 2.75) is 17.8 Å². The van der Waals surface area contributed by atoms with Gasteiger partial charge in [0.2, 0.25) is 0 Å². The van der Waals surface area contributed by atoms with Gasteiger partial charge in [0.1, 0.15) is 0 Å². The van der Waals surface area contributed by atoms with Crippen molar-refractivity contribution in [3.8, 4) is 0 Å². The molecule has 0 spiro atoms. The van der Waals surface area contributed by atoms with Gasteiger partial charge in [-0.25, -0.2) is 0 Å². The topological polar surface area (TPSA) is 0 Å². The molecule has 0 radical (unpaired) electrons. The molecule has 3 rings (SSSR count). The van der Waals surface area contributed by atoms with Gasteiger partial charge in [0, 0.05) is 0 Å². The van der Waals surface area contributed by atoms with E-state index in [0.717, 1.165) is 0 Å². The minimum absolute atomic E-state index is 0.692. The van der Waals surface area contributed by atoms with E-state index in [9.17, 15) is 0 Å². The van der Waals surface area contributed by atoms with Gasteiger partial charge >= 0.3 is 145 Å². The molecular weight excluding hydrogens is 471 g/mol. The van der Waals surface area contributed by atoms with Crippen molar-refractivity contribution in [1.29, 1.82) is 0 Å². The number of benzene rings is 3. The predicted molar refractivity (Wildman–Crippen MR) is 104 cm³/mol. The van der Waals surface area contributed by atoms with Crippen molar-refractivity contribution >= 4 is 30.5 Å². The molecule has 0 fully saturated rings. The fraction of sp³-hybridized carbons (Fsp3) is 0.182. The molecule has 1 heteroatoms. The van der Waals surface area contributed by atoms with Gasteiger partial charge in [-0.3, -0.25) is 0 Å². The van der Waals surface area contributed by atoms with Gasteiger partial charge in [0.15, 0.2) is 0 Å². The second-order valence-corrected chi connectivity index (χ2v) is 22.0. The zero-order chi connectivity index (χ0) is 16.1. The minimum atomic E-state index is -3.12. The van der Waals surface area contributed by atoms with Crippen LogP contribution in [0.1, 0.15) is 13.8 Å². The third-order valence-electron chi connectivity index (χ3n) is 4.51. The van der Waals surface area contributed by atoms with Gasteiger partial charge in [-0.05, 0) is 0 Å². The van der Waals surface area contributed by atoms with Crippen LogP contribution >= 0.6 is 0 Å². The van der Waals surface area contributed by atoms with Crippen molar-refractivity contribution in [2.75, 3.05) is 0 Å². The van der Waals surface area contributed by atoms with E-state index in [4.69, 9.17) is 0 Å². The summed E-state index contributed by atoms with van der Waals surface area (Å²) in [5, 5.41) is 0. The van der Waals surface area contributed by atoms with Crippen LogP contribution in [0.5, 0.6) is 0 Å². The first-order valence-corrected chi connectivity index (χ1v) is 17.0. The summed E-state index contributed by atoms with van der Waals surface area (Å²) in [6.45, 7) is 4.73. The molecule has 3 aromatic rings. The second-order valence-electron chi connectivity index (χ2n) is 6.60. The van der Waals surface area contributed by atoms with Crippen LogP contribution in [0, 0.1) is 5.92 Å². The summed E-state index contributed by atoms with van der Waals surface area (Å²) in [6.07, 6.45) is 0. The zero-order valence-electron chi connectivity index (χ0n) is 13.9. The van der Waals surface area contributed by atoms with Gasteiger partial charge in [-0.1, -0.05) is 0 Å². The molecule has 0 amide bonds. The maximum absolute atomic E-state index is 3.12. The normalized spacial score (nSPS) is 11.6. The molecule has 3 aromatic carbocycles. The van der Waals surface area contributed by atoms with Crippen LogP contribution in [-0.4, -0.2) is 21.2 Å². The maximum atomic E-state index is 2.37. The van der Waals surface area contributed by atoms with E-state index in [1.807, 2.05) is 0 Å². The van der Waals surface area contributed by atoms with Crippen LogP contribution in [-0.2, 0) is 0 Å². The Morgan fingerprint density at radius 3 is 1.13 bits per heavy atom. The molecule has 0 saturated heterocycles. The standard InChI is InChI=1S/3C6H5.C4H9.Pb/c3*1-2-4-6-5-3-1;1-4(2)3;/h3*1-5H;4H,1H2,2-3H3;. The molecule has 0 aliphatic carbocycles. The fourth-order valence-electron chi connectivity index (χ4n) is 3.63. The molecule has 0 heterocycles. The van der Waals surface area contributed by atoms with Crippen molar-refractivity contribution < 1.29 is 0 Å². The molecule has 0 aliphatic heterocycles. The average Bonchev–Trinajstić information content (AvgIpc) is 2.62. The van der Waals surface area contributed by atoms with E-state index >= 15 is 0 Å². The monoisotopic (exact) mass is 496 g/mol. The van der Waals surface area contributed by atoms with Crippen LogP contribution in [0.3, 0.4) is 0 Å². The van der Waals surface area contributed by atoms with Crippen LogP contribution in [0.4, 0.5) is 0 Å². The van der Waals surface area contributed by atoms with E-state index in [1.165, 1.54) is 3.98 Å². The molecule has 0 aliphatic rings. The fourth-order valence-corrected chi connectivity index (χ4v) is 23.9. The molecule has 0 nitrogen and oxygen atoms in total. The van der Waals surface area contributed by atoms with Gasteiger partial charge in [-0.15, -0.1) is 0 Å². The molecule has 0 atom stereocenters. The SMILES string of the molecule is CC(C)[CH2][Pb]([c]1ccccc1)([c]1ccccc1)[c]1ccccc1. The molecule has 0 bridgehead atoms. The summed E-state index contributed by atoms with van der Waals surface area (Å²) in [5.41, 5.74) is 0. The number of hydrogen-bond donors (Lipinski definition) is 0. The summed E-state index contributed by atoms with van der Waals surface area (Å²) in [4.78, 5) is 0. The quantitative estimate of drug-likeness (QED) is 0.473. The van der Waals surface area contributed by atoms with Crippen molar-refractivity contribution in [3.05, 3.63) is 91.0 Å².